The minimum atomic E-state index is -0.765. The third kappa shape index (κ3) is 3.87. The van der Waals surface area contributed by atoms with Crippen molar-refractivity contribution < 1.29 is 18.9 Å². The molecular weight excluding hydrogens is 401 g/mol. The molecule has 0 unspecified atom stereocenters. The van der Waals surface area contributed by atoms with Gasteiger partial charge in [0.1, 0.15) is 12.4 Å². The Bertz CT molecular complexity index is 1200. The smallest absolute Gasteiger partial charge is 0.273 e. The van der Waals surface area contributed by atoms with Crippen LogP contribution in [0.15, 0.2) is 66.7 Å². The zero-order chi connectivity index (χ0) is 22.1. The van der Waals surface area contributed by atoms with Crippen molar-refractivity contribution in [1.82, 2.24) is 4.90 Å². The molecule has 1 heterocycles. The van der Waals surface area contributed by atoms with Crippen molar-refractivity contribution in [2.45, 2.75) is 13.0 Å². The van der Waals surface area contributed by atoms with Gasteiger partial charge in [-0.05, 0) is 36.8 Å². The fourth-order valence-electron chi connectivity index (χ4n) is 3.77. The van der Waals surface area contributed by atoms with Crippen molar-refractivity contribution in [3.63, 3.8) is 0 Å². The van der Waals surface area contributed by atoms with E-state index in [4.69, 9.17) is 0 Å². The largest absolute Gasteiger partial charge is 0.324 e. The highest BCUT2D eigenvalue weighted by Crippen LogP contribution is 2.37. The Morgan fingerprint density at radius 1 is 1.13 bits per heavy atom. The molecule has 0 radical (unpaired) electrons. The predicted molar refractivity (Wildman–Crippen MR) is 112 cm³/mol. The van der Waals surface area contributed by atoms with E-state index < -0.39 is 28.6 Å². The van der Waals surface area contributed by atoms with E-state index in [1.54, 1.807) is 31.2 Å². The van der Waals surface area contributed by atoms with Crippen LogP contribution >= 0.6 is 0 Å². The minimum Gasteiger partial charge on any atom is -0.324 e. The number of carbonyl (C=O) groups is 2. The van der Waals surface area contributed by atoms with Crippen LogP contribution in [0, 0.1) is 22.9 Å². The predicted octanol–water partition coefficient (Wildman–Crippen LogP) is 4.23. The van der Waals surface area contributed by atoms with Crippen molar-refractivity contribution in [3.05, 3.63) is 105 Å². The number of anilines is 1. The van der Waals surface area contributed by atoms with Gasteiger partial charge < -0.3 is 10.2 Å². The van der Waals surface area contributed by atoms with Gasteiger partial charge in [0.15, 0.2) is 0 Å². The van der Waals surface area contributed by atoms with Gasteiger partial charge in [-0.2, -0.15) is 0 Å². The summed E-state index contributed by atoms with van der Waals surface area (Å²) in [5, 5.41) is 14.1. The molecule has 0 saturated carbocycles. The summed E-state index contributed by atoms with van der Waals surface area (Å²) < 4.78 is 14.2. The Morgan fingerprint density at radius 2 is 1.87 bits per heavy atom. The zero-order valence-corrected chi connectivity index (χ0v) is 16.5. The maximum absolute atomic E-state index is 14.2. The molecule has 4 rings (SSSR count). The average molecular weight is 419 g/mol. The molecule has 2 amide bonds. The average Bonchev–Trinajstić information content (AvgIpc) is 2.89. The molecule has 8 heteroatoms. The van der Waals surface area contributed by atoms with Gasteiger partial charge in [0.2, 0.25) is 5.91 Å². The normalized spacial score (nSPS) is 15.6. The van der Waals surface area contributed by atoms with Crippen LogP contribution in [0.2, 0.25) is 0 Å². The number of nitrogens with one attached hydrogen (secondary N) is 1. The fourth-order valence-corrected chi connectivity index (χ4v) is 3.77. The summed E-state index contributed by atoms with van der Waals surface area (Å²) in [5.41, 5.74) is 1.82. The first kappa shape index (κ1) is 20.2. The number of aryl methyl sites for hydroxylation is 1. The van der Waals surface area contributed by atoms with Crippen molar-refractivity contribution in [2.75, 3.05) is 11.9 Å². The van der Waals surface area contributed by atoms with Gasteiger partial charge in [-0.1, -0.05) is 36.4 Å². The van der Waals surface area contributed by atoms with Crippen molar-refractivity contribution >= 4 is 23.2 Å². The number of nitro groups is 1. The molecule has 156 valence electrons. The first-order valence-corrected chi connectivity index (χ1v) is 9.55. The molecule has 0 aliphatic carbocycles. The molecule has 1 atom stereocenters. The molecule has 0 spiro atoms. The highest BCUT2D eigenvalue weighted by Gasteiger charge is 2.34. The number of benzene rings is 3. The SMILES string of the molecule is Cc1ccc(C(=O)N2CC(=O)Nc3ccc(F)cc3[C@@H]2c2ccccc2)cc1[N+](=O)[O-]. The van der Waals surface area contributed by atoms with E-state index in [1.807, 2.05) is 6.07 Å². The Labute approximate surface area is 177 Å². The monoisotopic (exact) mass is 419 g/mol. The van der Waals surface area contributed by atoms with Gasteiger partial charge in [0.25, 0.3) is 11.6 Å². The Kier molecular flexibility index (Phi) is 5.21. The minimum absolute atomic E-state index is 0.0749. The first-order valence-electron chi connectivity index (χ1n) is 9.55. The molecule has 1 aliphatic heterocycles. The number of halogens is 1. The lowest BCUT2D eigenvalue weighted by molar-refractivity contribution is -0.385. The number of nitro benzene ring substituents is 1. The highest BCUT2D eigenvalue weighted by molar-refractivity contribution is 6.01. The van der Waals surface area contributed by atoms with Crippen molar-refractivity contribution in [2.24, 2.45) is 0 Å². The molecule has 0 saturated heterocycles. The summed E-state index contributed by atoms with van der Waals surface area (Å²) in [4.78, 5) is 38.2. The number of carbonyl (C=O) groups excluding carboxylic acids is 2. The van der Waals surface area contributed by atoms with Gasteiger partial charge >= 0.3 is 0 Å². The molecule has 0 aromatic heterocycles. The molecular formula is C23H18FN3O4. The molecule has 0 fully saturated rings. The summed E-state index contributed by atoms with van der Waals surface area (Å²) in [7, 11) is 0. The van der Waals surface area contributed by atoms with Gasteiger partial charge in [0.05, 0.1) is 11.0 Å². The quantitative estimate of drug-likeness (QED) is 0.508. The molecule has 3 aromatic rings. The number of rotatable bonds is 3. The maximum Gasteiger partial charge on any atom is 0.273 e. The first-order chi connectivity index (χ1) is 14.8. The lowest BCUT2D eigenvalue weighted by Crippen LogP contribution is -2.39. The second kappa shape index (κ2) is 7.98. The number of amides is 2. The second-order valence-corrected chi connectivity index (χ2v) is 7.28. The third-order valence-electron chi connectivity index (χ3n) is 5.24. The Morgan fingerprint density at radius 3 is 2.58 bits per heavy atom. The maximum atomic E-state index is 14.2. The lowest BCUT2D eigenvalue weighted by Gasteiger charge is -2.30. The van der Waals surface area contributed by atoms with Crippen LogP contribution < -0.4 is 5.32 Å². The molecule has 1 aliphatic rings. The van der Waals surface area contributed by atoms with Crippen LogP contribution in [0.1, 0.15) is 33.1 Å². The van der Waals surface area contributed by atoms with E-state index in [1.165, 1.54) is 41.3 Å². The van der Waals surface area contributed by atoms with E-state index in [9.17, 15) is 24.1 Å². The van der Waals surface area contributed by atoms with Crippen LogP contribution in [-0.4, -0.2) is 28.2 Å². The number of nitrogens with zero attached hydrogens (tertiary/aromatic N) is 2. The van der Waals surface area contributed by atoms with Crippen LogP contribution in [0.4, 0.5) is 15.8 Å². The molecule has 7 nitrogen and oxygen atoms in total. The van der Waals surface area contributed by atoms with Gasteiger partial charge in [0, 0.05) is 28.4 Å². The second-order valence-electron chi connectivity index (χ2n) is 7.28. The third-order valence-corrected chi connectivity index (χ3v) is 5.24. The summed E-state index contributed by atoms with van der Waals surface area (Å²) in [6.07, 6.45) is 0. The van der Waals surface area contributed by atoms with E-state index in [2.05, 4.69) is 5.32 Å². The van der Waals surface area contributed by atoms with Crippen molar-refractivity contribution in [3.8, 4) is 0 Å². The standard InChI is InChI=1S/C23H18FN3O4/c1-14-7-8-16(11-20(14)27(30)31)23(29)26-13-21(28)25-19-10-9-17(24)12-18(19)22(26)15-5-3-2-4-6-15/h2-12,22H,13H2,1H3,(H,25,28)/t22-/m0/s1. The summed E-state index contributed by atoms with van der Waals surface area (Å²) in [6, 6.07) is 16.4. The van der Waals surface area contributed by atoms with Crippen LogP contribution in [0.25, 0.3) is 0 Å². The molecule has 31 heavy (non-hydrogen) atoms. The van der Waals surface area contributed by atoms with E-state index >= 15 is 0 Å². The Hall–Kier alpha value is -4.07. The molecule has 0 bridgehead atoms. The van der Waals surface area contributed by atoms with E-state index in [-0.39, 0.29) is 17.8 Å². The van der Waals surface area contributed by atoms with Gasteiger partial charge in [-0.3, -0.25) is 19.7 Å². The highest BCUT2D eigenvalue weighted by atomic mass is 19.1. The summed E-state index contributed by atoms with van der Waals surface area (Å²) in [5.74, 6) is -1.51. The molecule has 1 N–H and O–H groups in total. The van der Waals surface area contributed by atoms with Crippen LogP contribution in [0.5, 0.6) is 0 Å². The van der Waals surface area contributed by atoms with E-state index in [0.717, 1.165) is 0 Å². The van der Waals surface area contributed by atoms with E-state index in [0.29, 0.717) is 22.4 Å². The topological polar surface area (TPSA) is 92.6 Å². The van der Waals surface area contributed by atoms with Crippen LogP contribution in [-0.2, 0) is 4.79 Å². The number of fused-ring (bicyclic) bond motifs is 1. The fraction of sp³-hybridized carbons (Fsp3) is 0.130. The summed E-state index contributed by atoms with van der Waals surface area (Å²) in [6.45, 7) is 1.29. The number of hydrogen-bond acceptors (Lipinski definition) is 4. The summed E-state index contributed by atoms with van der Waals surface area (Å²) >= 11 is 0. The van der Waals surface area contributed by atoms with Crippen LogP contribution in [0.3, 0.4) is 0 Å². The van der Waals surface area contributed by atoms with Crippen molar-refractivity contribution in [1.29, 1.82) is 0 Å². The molecule has 3 aromatic carbocycles. The Balaban J connectivity index is 1.88. The van der Waals surface area contributed by atoms with Gasteiger partial charge in [-0.25, -0.2) is 4.39 Å². The zero-order valence-electron chi connectivity index (χ0n) is 16.5. The van der Waals surface area contributed by atoms with Gasteiger partial charge in [-0.15, -0.1) is 0 Å². The number of hydrogen-bond donors (Lipinski definition) is 1. The lowest BCUT2D eigenvalue weighted by atomic mass is 9.95.